The van der Waals surface area contributed by atoms with Crippen LogP contribution in [-0.2, 0) is 4.79 Å². The Kier molecular flexibility index (Phi) is 4.76. The molecule has 1 heterocycles. The second-order valence-corrected chi connectivity index (χ2v) is 7.65. The van der Waals surface area contributed by atoms with E-state index in [0.717, 1.165) is 16.4 Å². The van der Waals surface area contributed by atoms with Crippen LogP contribution in [0, 0.1) is 0 Å². The predicted octanol–water partition coefficient (Wildman–Crippen LogP) is 4.46. The summed E-state index contributed by atoms with van der Waals surface area (Å²) >= 11 is 1.53. The molecule has 2 aromatic rings. The number of thioether (sulfide) groups is 1. The van der Waals surface area contributed by atoms with Gasteiger partial charge in [-0.1, -0.05) is 43.8 Å². The molecule has 0 radical (unpaired) electrons. The lowest BCUT2D eigenvalue weighted by molar-refractivity contribution is -0.115. The van der Waals surface area contributed by atoms with Gasteiger partial charge in [-0.15, -0.1) is 0 Å². The number of benzene rings is 1. The van der Waals surface area contributed by atoms with Crippen molar-refractivity contribution in [3.05, 3.63) is 42.2 Å². The van der Waals surface area contributed by atoms with Crippen LogP contribution in [0.2, 0.25) is 0 Å². The Morgan fingerprint density at radius 1 is 1.30 bits per heavy atom. The number of carbonyl (C=O) groups is 1. The summed E-state index contributed by atoms with van der Waals surface area (Å²) in [7, 11) is 0. The zero-order chi connectivity index (χ0) is 16.4. The quantitative estimate of drug-likeness (QED) is 0.796. The fourth-order valence-electron chi connectivity index (χ4n) is 2.58. The van der Waals surface area contributed by atoms with Gasteiger partial charge in [0, 0.05) is 24.1 Å². The molecule has 1 aromatic heterocycles. The third-order valence-corrected chi connectivity index (χ3v) is 5.16. The van der Waals surface area contributed by atoms with E-state index in [9.17, 15) is 4.79 Å². The lowest BCUT2D eigenvalue weighted by Gasteiger charge is -2.16. The molecule has 1 aromatic carbocycles. The number of imidazole rings is 1. The zero-order valence-electron chi connectivity index (χ0n) is 13.8. The number of para-hydroxylation sites is 1. The molecular weight excluding hydrogens is 306 g/mol. The molecule has 1 unspecified atom stereocenters. The van der Waals surface area contributed by atoms with Gasteiger partial charge in [-0.3, -0.25) is 4.79 Å². The van der Waals surface area contributed by atoms with E-state index in [1.807, 2.05) is 37.5 Å². The van der Waals surface area contributed by atoms with Crippen molar-refractivity contribution >= 4 is 23.4 Å². The Bertz CT molecular complexity index is 691. The largest absolute Gasteiger partial charge is 0.325 e. The van der Waals surface area contributed by atoms with E-state index < -0.39 is 0 Å². The lowest BCUT2D eigenvalue weighted by Crippen LogP contribution is -2.23. The normalized spacial score (nSPS) is 15.7. The van der Waals surface area contributed by atoms with Crippen molar-refractivity contribution < 1.29 is 4.79 Å². The molecule has 0 saturated heterocycles. The minimum atomic E-state index is -0.185. The number of hydrogen-bond donors (Lipinski definition) is 1. The third-order valence-electron chi connectivity index (χ3n) is 4.07. The molecule has 23 heavy (non-hydrogen) atoms. The summed E-state index contributed by atoms with van der Waals surface area (Å²) in [5.74, 6) is 0.400. The first-order valence-electron chi connectivity index (χ1n) is 8.15. The van der Waals surface area contributed by atoms with Crippen molar-refractivity contribution in [3.8, 4) is 0 Å². The maximum absolute atomic E-state index is 12.5. The molecule has 1 aliphatic carbocycles. The summed E-state index contributed by atoms with van der Waals surface area (Å²) in [6, 6.07) is 8.58. The first-order chi connectivity index (χ1) is 11.1. The average Bonchev–Trinajstić information content (AvgIpc) is 3.27. The first-order valence-corrected chi connectivity index (χ1v) is 9.03. The molecule has 0 spiro atoms. The van der Waals surface area contributed by atoms with Crippen molar-refractivity contribution in [2.45, 2.75) is 56.0 Å². The van der Waals surface area contributed by atoms with E-state index in [1.165, 1.54) is 24.6 Å². The average molecular weight is 329 g/mol. The van der Waals surface area contributed by atoms with Crippen LogP contribution in [0.1, 0.15) is 51.1 Å². The van der Waals surface area contributed by atoms with E-state index in [0.29, 0.717) is 12.0 Å². The molecule has 1 saturated carbocycles. The second-order valence-electron chi connectivity index (χ2n) is 6.34. The van der Waals surface area contributed by atoms with Gasteiger partial charge in [-0.25, -0.2) is 4.98 Å². The molecule has 5 heteroatoms. The van der Waals surface area contributed by atoms with Crippen molar-refractivity contribution in [1.29, 1.82) is 0 Å². The summed E-state index contributed by atoms with van der Waals surface area (Å²) in [6.45, 7) is 6.20. The fourth-order valence-corrected chi connectivity index (χ4v) is 3.52. The van der Waals surface area contributed by atoms with E-state index in [2.05, 4.69) is 34.8 Å². The number of carbonyl (C=O) groups excluding carboxylic acids is 1. The van der Waals surface area contributed by atoms with Gasteiger partial charge in [-0.05, 0) is 37.3 Å². The molecule has 1 amide bonds. The number of nitrogens with zero attached hydrogens (tertiary/aromatic N) is 2. The standard InChI is InChI=1S/C18H23N3OS/c1-12(2)15-6-4-5-7-16(15)20-17(22)13(3)23-18-19-10-11-21(18)14-8-9-14/h4-7,10-14H,8-9H2,1-3H3,(H,20,22). The number of nitrogens with one attached hydrogen (secondary N) is 1. The van der Waals surface area contributed by atoms with Crippen LogP contribution in [0.25, 0.3) is 0 Å². The van der Waals surface area contributed by atoms with E-state index >= 15 is 0 Å². The Morgan fingerprint density at radius 2 is 2.04 bits per heavy atom. The SMILES string of the molecule is CC(Sc1nccn1C1CC1)C(=O)Nc1ccccc1C(C)C. The van der Waals surface area contributed by atoms with E-state index in [-0.39, 0.29) is 11.2 Å². The highest BCUT2D eigenvalue weighted by atomic mass is 32.2. The number of rotatable bonds is 6. The molecule has 0 aliphatic heterocycles. The molecule has 4 nitrogen and oxygen atoms in total. The van der Waals surface area contributed by atoms with Crippen LogP contribution in [-0.4, -0.2) is 20.7 Å². The van der Waals surface area contributed by atoms with Crippen LogP contribution in [0.4, 0.5) is 5.69 Å². The molecule has 1 fully saturated rings. The highest BCUT2D eigenvalue weighted by molar-refractivity contribution is 8.00. The maximum atomic E-state index is 12.5. The fraction of sp³-hybridized carbons (Fsp3) is 0.444. The van der Waals surface area contributed by atoms with Gasteiger partial charge >= 0.3 is 0 Å². The molecule has 122 valence electrons. The Balaban J connectivity index is 1.67. The zero-order valence-corrected chi connectivity index (χ0v) is 14.6. The van der Waals surface area contributed by atoms with E-state index in [4.69, 9.17) is 0 Å². The summed E-state index contributed by atoms with van der Waals surface area (Å²) in [6.07, 6.45) is 6.26. The van der Waals surface area contributed by atoms with Gasteiger partial charge in [-0.2, -0.15) is 0 Å². The molecule has 3 rings (SSSR count). The van der Waals surface area contributed by atoms with Gasteiger partial charge in [0.05, 0.1) is 5.25 Å². The predicted molar refractivity (Wildman–Crippen MR) is 95.0 cm³/mol. The number of hydrogen-bond acceptors (Lipinski definition) is 3. The molecule has 1 N–H and O–H groups in total. The van der Waals surface area contributed by atoms with Crippen LogP contribution >= 0.6 is 11.8 Å². The molecule has 1 atom stereocenters. The molecule has 1 aliphatic rings. The van der Waals surface area contributed by atoms with Crippen LogP contribution in [0.15, 0.2) is 41.8 Å². The first kappa shape index (κ1) is 16.1. The van der Waals surface area contributed by atoms with Gasteiger partial charge in [0.15, 0.2) is 5.16 Å². The molecule has 0 bridgehead atoms. The minimum absolute atomic E-state index is 0.0217. The third kappa shape index (κ3) is 3.78. The number of amides is 1. The Morgan fingerprint density at radius 3 is 2.74 bits per heavy atom. The Labute approximate surface area is 141 Å². The number of anilines is 1. The second kappa shape index (κ2) is 6.79. The topological polar surface area (TPSA) is 46.9 Å². The minimum Gasteiger partial charge on any atom is -0.325 e. The van der Waals surface area contributed by atoms with Crippen molar-refractivity contribution in [2.24, 2.45) is 0 Å². The highest BCUT2D eigenvalue weighted by Crippen LogP contribution is 2.38. The van der Waals surface area contributed by atoms with E-state index in [1.54, 1.807) is 0 Å². The summed E-state index contributed by atoms with van der Waals surface area (Å²) in [4.78, 5) is 16.9. The lowest BCUT2D eigenvalue weighted by atomic mass is 10.0. The maximum Gasteiger partial charge on any atom is 0.237 e. The summed E-state index contributed by atoms with van der Waals surface area (Å²) < 4.78 is 2.19. The van der Waals surface area contributed by atoms with Crippen LogP contribution in [0.3, 0.4) is 0 Å². The summed E-state index contributed by atoms with van der Waals surface area (Å²) in [5.41, 5.74) is 2.07. The van der Waals surface area contributed by atoms with Gasteiger partial charge in [0.25, 0.3) is 0 Å². The van der Waals surface area contributed by atoms with Gasteiger partial charge in [0.2, 0.25) is 5.91 Å². The highest BCUT2D eigenvalue weighted by Gasteiger charge is 2.27. The number of aromatic nitrogens is 2. The summed E-state index contributed by atoms with van der Waals surface area (Å²) in [5, 5.41) is 3.82. The van der Waals surface area contributed by atoms with Crippen molar-refractivity contribution in [3.63, 3.8) is 0 Å². The van der Waals surface area contributed by atoms with Gasteiger partial charge in [0.1, 0.15) is 0 Å². The monoisotopic (exact) mass is 329 g/mol. The van der Waals surface area contributed by atoms with Crippen molar-refractivity contribution in [2.75, 3.05) is 5.32 Å². The molecular formula is C18H23N3OS. The van der Waals surface area contributed by atoms with Crippen LogP contribution in [0.5, 0.6) is 0 Å². The van der Waals surface area contributed by atoms with Crippen molar-refractivity contribution in [1.82, 2.24) is 9.55 Å². The van der Waals surface area contributed by atoms with Gasteiger partial charge < -0.3 is 9.88 Å². The Hall–Kier alpha value is -1.75. The van der Waals surface area contributed by atoms with Crippen LogP contribution < -0.4 is 5.32 Å². The smallest absolute Gasteiger partial charge is 0.237 e.